The molecule has 1 aromatic heterocycles. The maximum absolute atomic E-state index is 13.1. The van der Waals surface area contributed by atoms with Gasteiger partial charge in [0.2, 0.25) is 0 Å². The maximum atomic E-state index is 13.1. The molecule has 0 N–H and O–H groups in total. The van der Waals surface area contributed by atoms with Crippen molar-refractivity contribution in [3.8, 4) is 0 Å². The van der Waals surface area contributed by atoms with Crippen molar-refractivity contribution in [2.24, 2.45) is 0 Å². The SMILES string of the molecule is Cc1sc(Br)cc1C(Br)Cc1ccc(F)c(F)c1. The molecule has 0 nitrogen and oxygen atoms in total. The zero-order valence-electron chi connectivity index (χ0n) is 9.51. The van der Waals surface area contributed by atoms with Gasteiger partial charge in [-0.3, -0.25) is 0 Å². The fraction of sp³-hybridized carbons (Fsp3) is 0.231. The van der Waals surface area contributed by atoms with Crippen LogP contribution in [0.2, 0.25) is 0 Å². The van der Waals surface area contributed by atoms with Crippen LogP contribution in [0, 0.1) is 18.6 Å². The Morgan fingerprint density at radius 2 is 1.94 bits per heavy atom. The van der Waals surface area contributed by atoms with E-state index in [9.17, 15) is 8.78 Å². The molecule has 0 saturated heterocycles. The Bertz CT molecular complexity index is 566. The molecular formula is C13H10Br2F2S. The predicted octanol–water partition coefficient (Wildman–Crippen LogP) is 5.78. The summed E-state index contributed by atoms with van der Waals surface area (Å²) in [5, 5.41) is 0. The van der Waals surface area contributed by atoms with Gasteiger partial charge in [0.15, 0.2) is 11.6 Å². The number of benzene rings is 1. The summed E-state index contributed by atoms with van der Waals surface area (Å²) in [4.78, 5) is 1.32. The Kier molecular flexibility index (Phi) is 4.56. The molecule has 0 radical (unpaired) electrons. The minimum atomic E-state index is -0.806. The first-order valence-corrected chi connectivity index (χ1v) is 7.83. The van der Waals surface area contributed by atoms with Gasteiger partial charge < -0.3 is 0 Å². The van der Waals surface area contributed by atoms with Crippen molar-refractivity contribution < 1.29 is 8.78 Å². The van der Waals surface area contributed by atoms with E-state index >= 15 is 0 Å². The highest BCUT2D eigenvalue weighted by Crippen LogP contribution is 2.36. The van der Waals surface area contributed by atoms with Gasteiger partial charge in [0.1, 0.15) is 0 Å². The Balaban J connectivity index is 2.18. The molecule has 0 amide bonds. The molecule has 0 saturated carbocycles. The summed E-state index contributed by atoms with van der Waals surface area (Å²) in [6.45, 7) is 2.05. The van der Waals surface area contributed by atoms with Gasteiger partial charge in [-0.1, -0.05) is 22.0 Å². The number of rotatable bonds is 3. The second-order valence-corrected chi connectivity index (χ2v) is 7.72. The van der Waals surface area contributed by atoms with Gasteiger partial charge in [0.25, 0.3) is 0 Å². The van der Waals surface area contributed by atoms with Crippen molar-refractivity contribution >= 4 is 43.2 Å². The molecule has 0 aliphatic rings. The Hall–Kier alpha value is -0.260. The van der Waals surface area contributed by atoms with Gasteiger partial charge in [0.05, 0.1) is 3.79 Å². The summed E-state index contributed by atoms with van der Waals surface area (Å²) in [5.41, 5.74) is 1.95. The molecule has 5 heteroatoms. The van der Waals surface area contributed by atoms with Crippen LogP contribution < -0.4 is 0 Å². The molecule has 0 fully saturated rings. The minimum absolute atomic E-state index is 0.102. The molecule has 96 valence electrons. The third-order valence-corrected chi connectivity index (χ3v) is 5.05. The number of alkyl halides is 1. The fourth-order valence-electron chi connectivity index (χ4n) is 1.75. The quantitative estimate of drug-likeness (QED) is 0.578. The lowest BCUT2D eigenvalue weighted by Gasteiger charge is -2.10. The van der Waals surface area contributed by atoms with Crippen molar-refractivity contribution in [1.29, 1.82) is 0 Å². The van der Waals surface area contributed by atoms with Gasteiger partial charge in [-0.05, 0) is 58.6 Å². The standard InChI is InChI=1S/C13H10Br2F2S/c1-7-9(6-13(15)18-7)10(14)4-8-2-3-11(16)12(17)5-8/h2-3,5-6,10H,4H2,1H3. The van der Waals surface area contributed by atoms with Crippen LogP contribution in [0.5, 0.6) is 0 Å². The molecule has 2 aromatic rings. The van der Waals surface area contributed by atoms with E-state index in [1.165, 1.54) is 22.6 Å². The molecule has 0 aliphatic carbocycles. The lowest BCUT2D eigenvalue weighted by molar-refractivity contribution is 0.507. The van der Waals surface area contributed by atoms with Crippen molar-refractivity contribution in [2.75, 3.05) is 0 Å². The molecule has 18 heavy (non-hydrogen) atoms. The normalized spacial score (nSPS) is 12.7. The highest BCUT2D eigenvalue weighted by Gasteiger charge is 2.15. The topological polar surface area (TPSA) is 0 Å². The number of thiophene rings is 1. The molecule has 0 aliphatic heterocycles. The average molecular weight is 396 g/mol. The Morgan fingerprint density at radius 3 is 2.50 bits per heavy atom. The van der Waals surface area contributed by atoms with Gasteiger partial charge in [-0.15, -0.1) is 11.3 Å². The first-order valence-electron chi connectivity index (χ1n) is 5.31. The van der Waals surface area contributed by atoms with E-state index in [1.807, 2.05) is 6.92 Å². The van der Waals surface area contributed by atoms with Crippen molar-refractivity contribution in [1.82, 2.24) is 0 Å². The molecule has 1 aromatic carbocycles. The average Bonchev–Trinajstić information content (AvgIpc) is 2.63. The van der Waals surface area contributed by atoms with Gasteiger partial charge >= 0.3 is 0 Å². The van der Waals surface area contributed by atoms with Crippen LogP contribution in [0.3, 0.4) is 0 Å². The monoisotopic (exact) mass is 394 g/mol. The lowest BCUT2D eigenvalue weighted by atomic mass is 10.0. The van der Waals surface area contributed by atoms with E-state index in [1.54, 1.807) is 17.4 Å². The first kappa shape index (κ1) is 14.2. The van der Waals surface area contributed by atoms with Crippen LogP contribution in [-0.2, 0) is 6.42 Å². The van der Waals surface area contributed by atoms with Crippen LogP contribution in [0.25, 0.3) is 0 Å². The Labute approximate surface area is 125 Å². The molecular weight excluding hydrogens is 386 g/mol. The number of hydrogen-bond acceptors (Lipinski definition) is 1. The molecule has 0 spiro atoms. The summed E-state index contributed by atoms with van der Waals surface area (Å²) in [6, 6.07) is 6.09. The zero-order chi connectivity index (χ0) is 13.3. The van der Waals surface area contributed by atoms with Gasteiger partial charge in [-0.25, -0.2) is 8.78 Å². The summed E-state index contributed by atoms with van der Waals surface area (Å²) < 4.78 is 27.0. The van der Waals surface area contributed by atoms with Gasteiger partial charge in [0, 0.05) is 9.70 Å². The highest BCUT2D eigenvalue weighted by atomic mass is 79.9. The first-order chi connectivity index (χ1) is 8.47. The summed E-state index contributed by atoms with van der Waals surface area (Å²) in [5.74, 6) is -1.60. The van der Waals surface area contributed by atoms with E-state index in [2.05, 4.69) is 37.9 Å². The number of halogens is 4. The molecule has 1 unspecified atom stereocenters. The molecule has 1 heterocycles. The number of aryl methyl sites for hydroxylation is 1. The van der Waals surface area contributed by atoms with E-state index in [0.29, 0.717) is 6.42 Å². The van der Waals surface area contributed by atoms with E-state index < -0.39 is 11.6 Å². The fourth-order valence-corrected chi connectivity index (χ4v) is 4.53. The van der Waals surface area contributed by atoms with Crippen molar-refractivity contribution in [3.63, 3.8) is 0 Å². The van der Waals surface area contributed by atoms with Crippen LogP contribution in [-0.4, -0.2) is 0 Å². The van der Waals surface area contributed by atoms with E-state index in [-0.39, 0.29) is 4.83 Å². The Morgan fingerprint density at radius 1 is 1.22 bits per heavy atom. The van der Waals surface area contributed by atoms with E-state index in [4.69, 9.17) is 0 Å². The lowest BCUT2D eigenvalue weighted by Crippen LogP contribution is -1.97. The summed E-state index contributed by atoms with van der Waals surface area (Å²) in [7, 11) is 0. The van der Waals surface area contributed by atoms with Crippen molar-refractivity contribution in [2.45, 2.75) is 18.2 Å². The molecule has 1 atom stereocenters. The smallest absolute Gasteiger partial charge is 0.159 e. The van der Waals surface area contributed by atoms with Crippen LogP contribution in [0.4, 0.5) is 8.78 Å². The maximum Gasteiger partial charge on any atom is 0.159 e. The number of hydrogen-bond donors (Lipinski definition) is 0. The van der Waals surface area contributed by atoms with Crippen LogP contribution in [0.1, 0.15) is 20.8 Å². The van der Waals surface area contributed by atoms with Gasteiger partial charge in [-0.2, -0.15) is 0 Å². The predicted molar refractivity (Wildman–Crippen MR) is 78.5 cm³/mol. The third kappa shape index (κ3) is 3.19. The molecule has 2 rings (SSSR count). The second kappa shape index (κ2) is 5.80. The van der Waals surface area contributed by atoms with Crippen molar-refractivity contribution in [3.05, 3.63) is 55.7 Å². The summed E-state index contributed by atoms with van der Waals surface area (Å²) >= 11 is 8.71. The third-order valence-electron chi connectivity index (χ3n) is 2.66. The van der Waals surface area contributed by atoms with E-state index in [0.717, 1.165) is 9.35 Å². The zero-order valence-corrected chi connectivity index (χ0v) is 13.5. The molecule has 0 bridgehead atoms. The van der Waals surface area contributed by atoms with Crippen LogP contribution in [0.15, 0.2) is 28.1 Å². The highest BCUT2D eigenvalue weighted by molar-refractivity contribution is 9.11. The summed E-state index contributed by atoms with van der Waals surface area (Å²) in [6.07, 6.45) is 0.626. The minimum Gasteiger partial charge on any atom is -0.204 e. The second-order valence-electron chi connectivity index (χ2n) is 3.98. The van der Waals surface area contributed by atoms with Crippen LogP contribution >= 0.6 is 43.2 Å². The largest absolute Gasteiger partial charge is 0.204 e.